The minimum absolute atomic E-state index is 0.0753. The van der Waals surface area contributed by atoms with E-state index in [0.29, 0.717) is 56.7 Å². The van der Waals surface area contributed by atoms with Gasteiger partial charge < -0.3 is 19.9 Å². The lowest BCUT2D eigenvalue weighted by molar-refractivity contribution is -0.138. The molecule has 0 bridgehead atoms. The molecule has 4 rings (SSSR count). The summed E-state index contributed by atoms with van der Waals surface area (Å²) in [6.45, 7) is 5.69. The molecule has 0 atom stereocenters. The van der Waals surface area contributed by atoms with Gasteiger partial charge in [-0.1, -0.05) is 6.07 Å². The van der Waals surface area contributed by atoms with Crippen LogP contribution >= 0.6 is 0 Å². The number of aromatic nitrogens is 3. The molecular formula is C21H26N6O3. The van der Waals surface area contributed by atoms with Gasteiger partial charge in [0.1, 0.15) is 11.6 Å². The first-order valence-electron chi connectivity index (χ1n) is 10.3. The fourth-order valence-corrected chi connectivity index (χ4v) is 3.78. The summed E-state index contributed by atoms with van der Waals surface area (Å²) in [5, 5.41) is 2.75. The number of rotatable bonds is 4. The number of anilines is 2. The Morgan fingerprint density at radius 3 is 2.57 bits per heavy atom. The fraction of sp³-hybridized carbons (Fsp3) is 0.476. The van der Waals surface area contributed by atoms with Gasteiger partial charge in [0.15, 0.2) is 5.69 Å². The number of aryl methyl sites for hydroxylation is 1. The van der Waals surface area contributed by atoms with Crippen LogP contribution in [-0.2, 0) is 9.53 Å². The first-order valence-corrected chi connectivity index (χ1v) is 10.3. The average Bonchev–Trinajstić information content (AvgIpc) is 2.80. The number of carbonyl (C=O) groups excluding carboxylic acids is 2. The molecule has 158 valence electrons. The van der Waals surface area contributed by atoms with Crippen molar-refractivity contribution in [2.75, 3.05) is 49.6 Å². The molecule has 9 nitrogen and oxygen atoms in total. The Bertz CT molecular complexity index is 893. The zero-order valence-corrected chi connectivity index (χ0v) is 17.1. The smallest absolute Gasteiger partial charge is 0.277 e. The third kappa shape index (κ3) is 4.56. The molecule has 0 spiro atoms. The number of nitrogens with one attached hydrogen (secondary N) is 1. The Morgan fingerprint density at radius 1 is 1.10 bits per heavy atom. The second-order valence-corrected chi connectivity index (χ2v) is 7.53. The molecule has 9 heteroatoms. The number of pyridine rings is 1. The van der Waals surface area contributed by atoms with Crippen molar-refractivity contribution in [3.8, 4) is 0 Å². The van der Waals surface area contributed by atoms with Crippen LogP contribution in [0.4, 0.5) is 11.6 Å². The molecule has 2 aliphatic heterocycles. The topological polar surface area (TPSA) is 101 Å². The number of carbonyl (C=O) groups is 2. The third-order valence-electron chi connectivity index (χ3n) is 5.55. The highest BCUT2D eigenvalue weighted by molar-refractivity contribution is 6.03. The highest BCUT2D eigenvalue weighted by atomic mass is 16.5. The highest BCUT2D eigenvalue weighted by Crippen LogP contribution is 2.20. The van der Waals surface area contributed by atoms with Crippen molar-refractivity contribution in [1.82, 2.24) is 19.9 Å². The zero-order valence-electron chi connectivity index (χ0n) is 17.1. The van der Waals surface area contributed by atoms with E-state index in [1.807, 2.05) is 4.90 Å². The predicted molar refractivity (Wildman–Crippen MR) is 111 cm³/mol. The highest BCUT2D eigenvalue weighted by Gasteiger charge is 2.29. The van der Waals surface area contributed by atoms with Crippen molar-refractivity contribution in [3.05, 3.63) is 42.0 Å². The van der Waals surface area contributed by atoms with Crippen LogP contribution in [0.5, 0.6) is 0 Å². The largest absolute Gasteiger partial charge is 0.381 e. The molecule has 30 heavy (non-hydrogen) atoms. The number of amides is 2. The Labute approximate surface area is 175 Å². The van der Waals surface area contributed by atoms with Crippen LogP contribution in [0.2, 0.25) is 0 Å². The van der Waals surface area contributed by atoms with Gasteiger partial charge in [-0.3, -0.25) is 14.6 Å². The van der Waals surface area contributed by atoms with Gasteiger partial charge in [-0.2, -0.15) is 0 Å². The summed E-state index contributed by atoms with van der Waals surface area (Å²) in [5.74, 6) is 1.07. The van der Waals surface area contributed by atoms with Gasteiger partial charge in [0.25, 0.3) is 5.91 Å². The number of hydrogen-bond donors (Lipinski definition) is 1. The monoisotopic (exact) mass is 410 g/mol. The number of ether oxygens (including phenoxy) is 1. The molecule has 0 aromatic carbocycles. The maximum absolute atomic E-state index is 12.7. The quantitative estimate of drug-likeness (QED) is 0.815. The van der Waals surface area contributed by atoms with Crippen molar-refractivity contribution >= 4 is 23.5 Å². The molecule has 2 aromatic rings. The van der Waals surface area contributed by atoms with Crippen molar-refractivity contribution < 1.29 is 14.3 Å². The summed E-state index contributed by atoms with van der Waals surface area (Å²) >= 11 is 0. The molecule has 0 unspecified atom stereocenters. The van der Waals surface area contributed by atoms with Gasteiger partial charge in [0.2, 0.25) is 5.91 Å². The van der Waals surface area contributed by atoms with Crippen LogP contribution in [0.3, 0.4) is 0 Å². The van der Waals surface area contributed by atoms with Crippen LogP contribution < -0.4 is 10.2 Å². The zero-order chi connectivity index (χ0) is 20.9. The standard InChI is InChI=1S/C21H26N6O3/c1-15-19(20(28)24-17-4-2-3-7-22-17)25-18(14-23-15)26-8-10-27(11-9-26)21(29)16-5-12-30-13-6-16/h2-4,7,14,16H,5-6,8-13H2,1H3,(H,22,24,28). The molecule has 4 heterocycles. The number of hydrogen-bond acceptors (Lipinski definition) is 7. The Morgan fingerprint density at radius 2 is 1.87 bits per heavy atom. The van der Waals surface area contributed by atoms with Gasteiger partial charge in [-0.05, 0) is 31.9 Å². The Hall–Kier alpha value is -3.07. The number of nitrogens with zero attached hydrogens (tertiary/aromatic N) is 5. The van der Waals surface area contributed by atoms with Gasteiger partial charge in [-0.15, -0.1) is 0 Å². The van der Waals surface area contributed by atoms with Crippen LogP contribution in [0.1, 0.15) is 29.0 Å². The van der Waals surface area contributed by atoms with Gasteiger partial charge in [-0.25, -0.2) is 9.97 Å². The molecule has 1 N–H and O–H groups in total. The van der Waals surface area contributed by atoms with Crippen LogP contribution in [0.15, 0.2) is 30.6 Å². The van der Waals surface area contributed by atoms with Crippen molar-refractivity contribution in [1.29, 1.82) is 0 Å². The molecular weight excluding hydrogens is 384 g/mol. The predicted octanol–water partition coefficient (Wildman–Crippen LogP) is 1.51. The van der Waals surface area contributed by atoms with Crippen LogP contribution in [0.25, 0.3) is 0 Å². The van der Waals surface area contributed by atoms with E-state index in [9.17, 15) is 9.59 Å². The van der Waals surface area contributed by atoms with Gasteiger partial charge in [0, 0.05) is 51.5 Å². The minimum atomic E-state index is -0.339. The summed E-state index contributed by atoms with van der Waals surface area (Å²) in [4.78, 5) is 42.4. The van der Waals surface area contributed by atoms with Crippen molar-refractivity contribution in [2.45, 2.75) is 19.8 Å². The molecule has 0 saturated carbocycles. The van der Waals surface area contributed by atoms with Crippen LogP contribution in [0, 0.1) is 12.8 Å². The maximum atomic E-state index is 12.7. The third-order valence-corrected chi connectivity index (χ3v) is 5.55. The van der Waals surface area contributed by atoms with Gasteiger partial charge >= 0.3 is 0 Å². The van der Waals surface area contributed by atoms with Gasteiger partial charge in [0.05, 0.1) is 11.9 Å². The normalized spacial score (nSPS) is 17.6. The first-order chi connectivity index (χ1) is 14.6. The molecule has 2 amide bonds. The van der Waals surface area contributed by atoms with E-state index in [0.717, 1.165) is 12.8 Å². The van der Waals surface area contributed by atoms with E-state index in [1.165, 1.54) is 0 Å². The molecule has 2 saturated heterocycles. The van der Waals surface area contributed by atoms with Crippen LogP contribution in [-0.4, -0.2) is 71.1 Å². The molecule has 0 radical (unpaired) electrons. The lowest BCUT2D eigenvalue weighted by atomic mass is 9.98. The van der Waals surface area contributed by atoms with Crippen molar-refractivity contribution in [2.24, 2.45) is 5.92 Å². The summed E-state index contributed by atoms with van der Waals surface area (Å²) in [6.07, 6.45) is 4.91. The van der Waals surface area contributed by atoms with E-state index >= 15 is 0 Å². The summed E-state index contributed by atoms with van der Waals surface area (Å²) in [7, 11) is 0. The summed E-state index contributed by atoms with van der Waals surface area (Å²) in [6, 6.07) is 5.31. The van der Waals surface area contributed by atoms with E-state index in [-0.39, 0.29) is 23.4 Å². The lowest BCUT2D eigenvalue weighted by Crippen LogP contribution is -2.51. The Balaban J connectivity index is 1.39. The van der Waals surface area contributed by atoms with Crippen molar-refractivity contribution in [3.63, 3.8) is 0 Å². The molecule has 0 aliphatic carbocycles. The first kappa shape index (κ1) is 20.2. The van der Waals surface area contributed by atoms with E-state index in [4.69, 9.17) is 4.74 Å². The second-order valence-electron chi connectivity index (χ2n) is 7.53. The second kappa shape index (κ2) is 9.17. The molecule has 2 aromatic heterocycles. The SMILES string of the molecule is Cc1ncc(N2CCN(C(=O)C3CCOCC3)CC2)nc1C(=O)Nc1ccccn1. The lowest BCUT2D eigenvalue weighted by Gasteiger charge is -2.37. The van der Waals surface area contributed by atoms with E-state index < -0.39 is 0 Å². The summed E-state index contributed by atoms with van der Waals surface area (Å²) in [5.41, 5.74) is 0.833. The number of piperazine rings is 1. The fourth-order valence-electron chi connectivity index (χ4n) is 3.78. The molecule has 2 fully saturated rings. The maximum Gasteiger partial charge on any atom is 0.277 e. The Kier molecular flexibility index (Phi) is 6.18. The van der Waals surface area contributed by atoms with E-state index in [1.54, 1.807) is 37.5 Å². The minimum Gasteiger partial charge on any atom is -0.381 e. The molecule has 2 aliphatic rings. The van der Waals surface area contributed by atoms with E-state index in [2.05, 4.69) is 25.2 Å². The average molecular weight is 410 g/mol. The summed E-state index contributed by atoms with van der Waals surface area (Å²) < 4.78 is 5.36.